The number of thioether (sulfide) groups is 1. The van der Waals surface area contributed by atoms with Crippen molar-refractivity contribution in [2.45, 2.75) is 24.2 Å². The molecule has 0 bridgehead atoms. The van der Waals surface area contributed by atoms with E-state index in [1.54, 1.807) is 41.1 Å². The number of pyridine rings is 1. The lowest BCUT2D eigenvalue weighted by atomic mass is 10.2. The molecule has 0 spiro atoms. The summed E-state index contributed by atoms with van der Waals surface area (Å²) in [5.41, 5.74) is 2.92. The maximum Gasteiger partial charge on any atom is 0.419 e. The van der Waals surface area contributed by atoms with Crippen LogP contribution in [0.2, 0.25) is 0 Å². The highest BCUT2D eigenvalue weighted by Crippen LogP contribution is 2.25. The van der Waals surface area contributed by atoms with Crippen LogP contribution in [-0.2, 0) is 12.3 Å². The van der Waals surface area contributed by atoms with Gasteiger partial charge in [-0.05, 0) is 51.4 Å². The molecule has 0 unspecified atom stereocenters. The van der Waals surface area contributed by atoms with Gasteiger partial charge in [-0.25, -0.2) is 9.78 Å². The topological polar surface area (TPSA) is 106 Å². The van der Waals surface area contributed by atoms with Crippen molar-refractivity contribution in [3.05, 3.63) is 70.2 Å². The van der Waals surface area contributed by atoms with Crippen LogP contribution in [0, 0.1) is 6.92 Å². The third-order valence-electron chi connectivity index (χ3n) is 4.75. The number of aryl methyl sites for hydroxylation is 1. The van der Waals surface area contributed by atoms with E-state index >= 15 is 0 Å². The van der Waals surface area contributed by atoms with Gasteiger partial charge in [0.05, 0.1) is 16.8 Å². The van der Waals surface area contributed by atoms with E-state index in [1.807, 2.05) is 32.0 Å². The van der Waals surface area contributed by atoms with Gasteiger partial charge in [0.2, 0.25) is 0 Å². The Morgan fingerprint density at radius 3 is 2.84 bits per heavy atom. The van der Waals surface area contributed by atoms with Crippen molar-refractivity contribution in [2.75, 3.05) is 26.0 Å². The molecule has 3 aromatic heterocycles. The first-order valence-electron chi connectivity index (χ1n) is 10.00. The zero-order chi connectivity index (χ0) is 22.7. The first-order chi connectivity index (χ1) is 15.4. The van der Waals surface area contributed by atoms with Crippen molar-refractivity contribution in [1.82, 2.24) is 19.6 Å². The number of oxazole rings is 1. The largest absolute Gasteiger partial charge is 0.419 e. The fourth-order valence-corrected chi connectivity index (χ4v) is 4.03. The van der Waals surface area contributed by atoms with E-state index < -0.39 is 5.76 Å². The van der Waals surface area contributed by atoms with Crippen LogP contribution in [0.25, 0.3) is 11.1 Å². The molecule has 0 radical (unpaired) electrons. The number of aromatic nitrogens is 3. The summed E-state index contributed by atoms with van der Waals surface area (Å²) < 4.78 is 12.0. The maximum atomic E-state index is 13.0. The molecule has 0 saturated carbocycles. The molecule has 0 atom stereocenters. The standard InChI is InChI=1S/C22H23N5O4S/c1-14-11-16(25-31-14)13-32-21-17(5-4-8-23-21)20(28)24-15-6-7-19-18(12-15)27(22(29)30-19)10-9-26(2)3/h4-8,11-12H,9-10,13H2,1-3H3,(H,24,28). The second-order valence-corrected chi connectivity index (χ2v) is 8.50. The van der Waals surface area contributed by atoms with E-state index in [4.69, 9.17) is 8.94 Å². The van der Waals surface area contributed by atoms with Crippen LogP contribution < -0.4 is 11.1 Å². The highest BCUT2D eigenvalue weighted by molar-refractivity contribution is 7.98. The molecule has 4 aromatic rings. The number of rotatable bonds is 8. The van der Waals surface area contributed by atoms with Crippen LogP contribution in [0.5, 0.6) is 0 Å². The van der Waals surface area contributed by atoms with Gasteiger partial charge in [-0.2, -0.15) is 0 Å². The van der Waals surface area contributed by atoms with Crippen LogP contribution in [0.4, 0.5) is 5.69 Å². The second kappa shape index (κ2) is 9.41. The van der Waals surface area contributed by atoms with Gasteiger partial charge < -0.3 is 19.2 Å². The van der Waals surface area contributed by atoms with E-state index in [-0.39, 0.29) is 5.91 Å². The summed E-state index contributed by atoms with van der Waals surface area (Å²) in [6, 6.07) is 10.4. The lowest BCUT2D eigenvalue weighted by Crippen LogP contribution is -2.23. The minimum atomic E-state index is -0.417. The van der Waals surface area contributed by atoms with Crippen molar-refractivity contribution in [2.24, 2.45) is 0 Å². The fourth-order valence-electron chi connectivity index (χ4n) is 3.16. The molecule has 1 aromatic carbocycles. The molecule has 0 aliphatic heterocycles. The molecule has 32 heavy (non-hydrogen) atoms. The lowest BCUT2D eigenvalue weighted by Gasteiger charge is -2.10. The Morgan fingerprint density at radius 1 is 1.25 bits per heavy atom. The predicted molar refractivity (Wildman–Crippen MR) is 122 cm³/mol. The Kier molecular flexibility index (Phi) is 6.42. The highest BCUT2D eigenvalue weighted by atomic mass is 32.2. The number of nitrogens with zero attached hydrogens (tertiary/aromatic N) is 4. The second-order valence-electron chi connectivity index (χ2n) is 7.53. The lowest BCUT2D eigenvalue weighted by molar-refractivity contribution is 0.102. The number of hydrogen-bond acceptors (Lipinski definition) is 8. The Hall–Kier alpha value is -3.37. The number of benzene rings is 1. The summed E-state index contributed by atoms with van der Waals surface area (Å²) in [5.74, 6) is 0.563. The van der Waals surface area contributed by atoms with Gasteiger partial charge >= 0.3 is 5.76 Å². The van der Waals surface area contributed by atoms with Gasteiger partial charge in [0.25, 0.3) is 5.91 Å². The summed E-state index contributed by atoms with van der Waals surface area (Å²) in [5, 5.41) is 7.47. The van der Waals surface area contributed by atoms with E-state index in [0.29, 0.717) is 46.2 Å². The molecule has 9 nitrogen and oxygen atoms in total. The quantitative estimate of drug-likeness (QED) is 0.405. The van der Waals surface area contributed by atoms with Gasteiger partial charge in [-0.3, -0.25) is 9.36 Å². The Balaban J connectivity index is 1.53. The average Bonchev–Trinajstić information content (AvgIpc) is 3.32. The summed E-state index contributed by atoms with van der Waals surface area (Å²) in [4.78, 5) is 31.5. The molecule has 0 saturated heterocycles. The summed E-state index contributed by atoms with van der Waals surface area (Å²) >= 11 is 1.41. The smallest absolute Gasteiger partial charge is 0.408 e. The van der Waals surface area contributed by atoms with Gasteiger partial charge in [0.15, 0.2) is 5.58 Å². The van der Waals surface area contributed by atoms with Gasteiger partial charge in [-0.1, -0.05) is 16.9 Å². The van der Waals surface area contributed by atoms with E-state index in [1.165, 1.54) is 11.8 Å². The maximum absolute atomic E-state index is 13.0. The number of fused-ring (bicyclic) bond motifs is 1. The summed E-state index contributed by atoms with van der Waals surface area (Å²) in [6.45, 7) is 3.01. The Bertz CT molecular complexity index is 1310. The van der Waals surface area contributed by atoms with E-state index in [2.05, 4.69) is 15.5 Å². The van der Waals surface area contributed by atoms with Crippen molar-refractivity contribution in [3.8, 4) is 0 Å². The Labute approximate surface area is 188 Å². The molecule has 1 N–H and O–H groups in total. The zero-order valence-corrected chi connectivity index (χ0v) is 18.8. The SMILES string of the molecule is Cc1cc(CSc2ncccc2C(=O)Nc2ccc3oc(=O)n(CCN(C)C)c3c2)no1. The van der Waals surface area contributed by atoms with Crippen LogP contribution in [0.1, 0.15) is 21.8 Å². The molecule has 1 amide bonds. The summed E-state index contributed by atoms with van der Waals surface area (Å²) in [7, 11) is 3.87. The minimum absolute atomic E-state index is 0.290. The molecular weight excluding hydrogens is 430 g/mol. The first-order valence-corrected chi connectivity index (χ1v) is 11.0. The summed E-state index contributed by atoms with van der Waals surface area (Å²) in [6.07, 6.45) is 1.65. The van der Waals surface area contributed by atoms with Crippen molar-refractivity contribution in [1.29, 1.82) is 0 Å². The van der Waals surface area contributed by atoms with Gasteiger partial charge in [0, 0.05) is 36.8 Å². The molecular formula is C22H23N5O4S. The monoisotopic (exact) mass is 453 g/mol. The first kappa shape index (κ1) is 21.8. The van der Waals surface area contributed by atoms with Crippen LogP contribution >= 0.6 is 11.8 Å². The van der Waals surface area contributed by atoms with E-state index in [9.17, 15) is 9.59 Å². The van der Waals surface area contributed by atoms with Crippen molar-refractivity contribution >= 4 is 34.5 Å². The molecule has 0 aliphatic rings. The number of amides is 1. The number of carbonyl (C=O) groups is 1. The molecule has 3 heterocycles. The number of likely N-dealkylation sites (N-methyl/N-ethyl adjacent to an activating group) is 1. The number of nitrogens with one attached hydrogen (secondary N) is 1. The molecule has 10 heteroatoms. The minimum Gasteiger partial charge on any atom is -0.408 e. The van der Waals surface area contributed by atoms with Crippen LogP contribution in [0.15, 0.2) is 61.4 Å². The van der Waals surface area contributed by atoms with Gasteiger partial charge in [-0.15, -0.1) is 0 Å². The van der Waals surface area contributed by atoms with Crippen molar-refractivity contribution in [3.63, 3.8) is 0 Å². The van der Waals surface area contributed by atoms with Crippen molar-refractivity contribution < 1.29 is 13.7 Å². The number of hydrogen-bond donors (Lipinski definition) is 1. The third kappa shape index (κ3) is 4.92. The normalized spacial score (nSPS) is 11.4. The van der Waals surface area contributed by atoms with Crippen LogP contribution in [0.3, 0.4) is 0 Å². The molecule has 0 fully saturated rings. The number of carbonyl (C=O) groups excluding carboxylic acids is 1. The fraction of sp³-hybridized carbons (Fsp3) is 0.273. The Morgan fingerprint density at radius 2 is 2.09 bits per heavy atom. The highest BCUT2D eigenvalue weighted by Gasteiger charge is 2.16. The molecule has 4 rings (SSSR count). The zero-order valence-electron chi connectivity index (χ0n) is 18.0. The number of anilines is 1. The van der Waals surface area contributed by atoms with Gasteiger partial charge in [0.1, 0.15) is 10.8 Å². The van der Waals surface area contributed by atoms with E-state index in [0.717, 1.165) is 11.5 Å². The molecule has 166 valence electrons. The molecule has 0 aliphatic carbocycles. The predicted octanol–water partition coefficient (Wildman–Crippen LogP) is 3.39. The van der Waals surface area contributed by atoms with Crippen LogP contribution in [-0.4, -0.2) is 46.2 Å². The average molecular weight is 454 g/mol. The third-order valence-corrected chi connectivity index (χ3v) is 5.78.